The van der Waals surface area contributed by atoms with Crippen molar-refractivity contribution in [3.8, 4) is 0 Å². The van der Waals surface area contributed by atoms with Crippen LogP contribution in [-0.4, -0.2) is 47.2 Å². The van der Waals surface area contributed by atoms with E-state index in [1.807, 2.05) is 0 Å². The summed E-state index contributed by atoms with van der Waals surface area (Å²) < 4.78 is 0. The normalized spacial score (nSPS) is 31.1. The van der Waals surface area contributed by atoms with Crippen LogP contribution in [0.3, 0.4) is 0 Å². The summed E-state index contributed by atoms with van der Waals surface area (Å²) in [6.45, 7) is 3.13. The molecule has 2 unspecified atom stereocenters. The SMILES string of the molecule is CC1CCNC(CCO)C(=O)N1C1CCCCCC1. The Morgan fingerprint density at radius 1 is 1.21 bits per heavy atom. The molecule has 1 amide bonds. The van der Waals surface area contributed by atoms with Gasteiger partial charge in [-0.15, -0.1) is 0 Å². The van der Waals surface area contributed by atoms with Gasteiger partial charge in [0.15, 0.2) is 0 Å². The molecule has 2 atom stereocenters. The molecule has 0 aromatic carbocycles. The summed E-state index contributed by atoms with van der Waals surface area (Å²) in [6.07, 6.45) is 8.98. The van der Waals surface area contributed by atoms with Gasteiger partial charge in [-0.25, -0.2) is 0 Å². The van der Waals surface area contributed by atoms with Gasteiger partial charge in [-0.2, -0.15) is 0 Å². The average molecular weight is 268 g/mol. The standard InChI is InChI=1S/C15H28N2O2/c1-12-8-10-16-14(9-11-18)15(19)17(12)13-6-4-2-3-5-7-13/h12-14,16,18H,2-11H2,1H3. The van der Waals surface area contributed by atoms with Crippen LogP contribution in [0.5, 0.6) is 0 Å². The third kappa shape index (κ3) is 3.69. The summed E-state index contributed by atoms with van der Waals surface area (Å²) in [5.74, 6) is 0.214. The van der Waals surface area contributed by atoms with Gasteiger partial charge in [-0.3, -0.25) is 4.79 Å². The number of carbonyl (C=O) groups is 1. The van der Waals surface area contributed by atoms with Crippen LogP contribution in [0, 0.1) is 0 Å². The monoisotopic (exact) mass is 268 g/mol. The molecule has 0 aromatic heterocycles. The molecule has 4 nitrogen and oxygen atoms in total. The average Bonchev–Trinajstić information content (AvgIpc) is 2.72. The van der Waals surface area contributed by atoms with E-state index in [2.05, 4.69) is 17.1 Å². The third-order valence-electron chi connectivity index (χ3n) is 4.62. The second kappa shape index (κ2) is 7.25. The number of nitrogens with zero attached hydrogens (tertiary/aromatic N) is 1. The fraction of sp³-hybridized carbons (Fsp3) is 0.933. The van der Waals surface area contributed by atoms with Crippen LogP contribution in [0.15, 0.2) is 0 Å². The van der Waals surface area contributed by atoms with Crippen molar-refractivity contribution in [1.29, 1.82) is 0 Å². The number of carbonyl (C=O) groups excluding carboxylic acids is 1. The Balaban J connectivity index is 2.10. The molecule has 0 spiro atoms. The summed E-state index contributed by atoms with van der Waals surface area (Å²) in [5, 5.41) is 12.4. The second-order valence-electron chi connectivity index (χ2n) is 6.05. The molecule has 0 aromatic rings. The first-order valence-electron chi connectivity index (χ1n) is 7.90. The van der Waals surface area contributed by atoms with E-state index in [0.717, 1.165) is 25.8 Å². The minimum absolute atomic E-state index is 0.0797. The number of aliphatic hydroxyl groups excluding tert-OH is 1. The fourth-order valence-corrected chi connectivity index (χ4v) is 3.52. The predicted octanol–water partition coefficient (Wildman–Crippen LogP) is 1.67. The van der Waals surface area contributed by atoms with Crippen LogP contribution >= 0.6 is 0 Å². The van der Waals surface area contributed by atoms with Gasteiger partial charge in [-0.05, 0) is 39.2 Å². The van der Waals surface area contributed by atoms with E-state index in [4.69, 9.17) is 5.11 Å². The van der Waals surface area contributed by atoms with Crippen molar-refractivity contribution < 1.29 is 9.90 Å². The Labute approximate surface area is 116 Å². The van der Waals surface area contributed by atoms with Gasteiger partial charge in [0, 0.05) is 18.7 Å². The zero-order valence-electron chi connectivity index (χ0n) is 12.1. The van der Waals surface area contributed by atoms with Gasteiger partial charge >= 0.3 is 0 Å². The molecule has 1 saturated carbocycles. The van der Waals surface area contributed by atoms with Crippen LogP contribution in [0.2, 0.25) is 0 Å². The Kier molecular flexibility index (Phi) is 5.64. The smallest absolute Gasteiger partial charge is 0.240 e. The molecule has 2 fully saturated rings. The van der Waals surface area contributed by atoms with Gasteiger partial charge in [0.2, 0.25) is 5.91 Å². The van der Waals surface area contributed by atoms with Crippen molar-refractivity contribution in [3.05, 3.63) is 0 Å². The Hall–Kier alpha value is -0.610. The molecule has 0 bridgehead atoms. The van der Waals surface area contributed by atoms with E-state index in [-0.39, 0.29) is 18.6 Å². The van der Waals surface area contributed by atoms with Crippen molar-refractivity contribution in [2.75, 3.05) is 13.2 Å². The van der Waals surface area contributed by atoms with E-state index in [1.165, 1.54) is 25.7 Å². The lowest BCUT2D eigenvalue weighted by molar-refractivity contribution is -0.137. The molecule has 2 N–H and O–H groups in total. The maximum absolute atomic E-state index is 12.7. The molecular weight excluding hydrogens is 240 g/mol. The Morgan fingerprint density at radius 2 is 1.89 bits per heavy atom. The molecule has 1 aliphatic heterocycles. The molecule has 110 valence electrons. The molecule has 1 saturated heterocycles. The van der Waals surface area contributed by atoms with Crippen molar-refractivity contribution in [2.24, 2.45) is 0 Å². The lowest BCUT2D eigenvalue weighted by Gasteiger charge is -2.36. The summed E-state index contributed by atoms with van der Waals surface area (Å²) in [6, 6.07) is 0.566. The maximum atomic E-state index is 12.7. The summed E-state index contributed by atoms with van der Waals surface area (Å²) >= 11 is 0. The topological polar surface area (TPSA) is 52.6 Å². The Morgan fingerprint density at radius 3 is 2.53 bits per heavy atom. The number of hydrogen-bond donors (Lipinski definition) is 2. The van der Waals surface area contributed by atoms with Gasteiger partial charge < -0.3 is 15.3 Å². The second-order valence-corrected chi connectivity index (χ2v) is 6.05. The molecule has 4 heteroatoms. The number of nitrogens with one attached hydrogen (secondary N) is 1. The molecule has 2 aliphatic rings. The molecule has 1 aliphatic carbocycles. The van der Waals surface area contributed by atoms with Crippen LogP contribution in [-0.2, 0) is 4.79 Å². The van der Waals surface area contributed by atoms with E-state index in [1.54, 1.807) is 0 Å². The zero-order valence-corrected chi connectivity index (χ0v) is 12.1. The zero-order chi connectivity index (χ0) is 13.7. The number of rotatable bonds is 3. The van der Waals surface area contributed by atoms with E-state index in [9.17, 15) is 4.79 Å². The molecular formula is C15H28N2O2. The summed E-state index contributed by atoms with van der Waals surface area (Å²) in [4.78, 5) is 14.9. The number of amides is 1. The van der Waals surface area contributed by atoms with E-state index < -0.39 is 0 Å². The quantitative estimate of drug-likeness (QED) is 0.766. The lowest BCUT2D eigenvalue weighted by atomic mass is 10.0. The lowest BCUT2D eigenvalue weighted by Crippen LogP contribution is -2.50. The molecule has 2 rings (SSSR count). The maximum Gasteiger partial charge on any atom is 0.240 e. The first-order valence-corrected chi connectivity index (χ1v) is 7.90. The van der Waals surface area contributed by atoms with Gasteiger partial charge in [0.25, 0.3) is 0 Å². The van der Waals surface area contributed by atoms with Gasteiger partial charge in [0.1, 0.15) is 0 Å². The minimum Gasteiger partial charge on any atom is -0.396 e. The first-order chi connectivity index (χ1) is 9.24. The molecule has 19 heavy (non-hydrogen) atoms. The van der Waals surface area contributed by atoms with Crippen LogP contribution < -0.4 is 5.32 Å². The summed E-state index contributed by atoms with van der Waals surface area (Å²) in [7, 11) is 0. The van der Waals surface area contributed by atoms with Crippen molar-refractivity contribution >= 4 is 5.91 Å². The number of hydrogen-bond acceptors (Lipinski definition) is 3. The minimum atomic E-state index is -0.182. The van der Waals surface area contributed by atoms with Crippen molar-refractivity contribution in [1.82, 2.24) is 10.2 Å². The fourth-order valence-electron chi connectivity index (χ4n) is 3.52. The van der Waals surface area contributed by atoms with E-state index >= 15 is 0 Å². The predicted molar refractivity (Wildman–Crippen MR) is 75.9 cm³/mol. The van der Waals surface area contributed by atoms with Crippen molar-refractivity contribution in [3.63, 3.8) is 0 Å². The molecule has 0 radical (unpaired) electrons. The van der Waals surface area contributed by atoms with Crippen LogP contribution in [0.4, 0.5) is 0 Å². The van der Waals surface area contributed by atoms with Crippen LogP contribution in [0.25, 0.3) is 0 Å². The third-order valence-corrected chi connectivity index (χ3v) is 4.62. The van der Waals surface area contributed by atoms with E-state index in [0.29, 0.717) is 18.5 Å². The summed E-state index contributed by atoms with van der Waals surface area (Å²) in [5.41, 5.74) is 0. The first kappa shape index (κ1) is 14.8. The molecule has 1 heterocycles. The highest BCUT2D eigenvalue weighted by Gasteiger charge is 2.34. The van der Waals surface area contributed by atoms with Gasteiger partial charge in [-0.1, -0.05) is 25.7 Å². The highest BCUT2D eigenvalue weighted by molar-refractivity contribution is 5.82. The van der Waals surface area contributed by atoms with Crippen LogP contribution in [0.1, 0.15) is 58.3 Å². The number of aliphatic hydroxyl groups is 1. The Bertz CT molecular complexity index is 288. The largest absolute Gasteiger partial charge is 0.396 e. The highest BCUT2D eigenvalue weighted by atomic mass is 16.3. The van der Waals surface area contributed by atoms with Gasteiger partial charge in [0.05, 0.1) is 6.04 Å². The van der Waals surface area contributed by atoms with Crippen molar-refractivity contribution in [2.45, 2.75) is 76.4 Å². The highest BCUT2D eigenvalue weighted by Crippen LogP contribution is 2.26.